The maximum absolute atomic E-state index is 13.3. The summed E-state index contributed by atoms with van der Waals surface area (Å²) in [6.07, 6.45) is 6.40. The Hall–Kier alpha value is -3.34. The van der Waals surface area contributed by atoms with E-state index in [1.165, 1.54) is 0 Å². The van der Waals surface area contributed by atoms with Crippen LogP contribution < -0.4 is 4.90 Å². The Morgan fingerprint density at radius 1 is 1.12 bits per heavy atom. The summed E-state index contributed by atoms with van der Waals surface area (Å²) in [4.78, 5) is 19.2. The first-order valence-corrected chi connectivity index (χ1v) is 8.65. The minimum absolute atomic E-state index is 0.113. The Bertz CT molecular complexity index is 1050. The van der Waals surface area contributed by atoms with E-state index in [-0.39, 0.29) is 11.9 Å². The molecule has 2 aromatic carbocycles. The molecule has 0 unspecified atom stereocenters. The molecule has 0 spiro atoms. The second-order valence-corrected chi connectivity index (χ2v) is 6.56. The molecule has 128 valence electrons. The molecule has 4 aromatic rings. The number of para-hydroxylation sites is 2. The van der Waals surface area contributed by atoms with Crippen LogP contribution in [0.2, 0.25) is 0 Å². The number of carbonyl (C=O) groups is 1. The van der Waals surface area contributed by atoms with Crippen LogP contribution in [0.25, 0.3) is 11.0 Å². The maximum Gasteiger partial charge on any atom is 0.294 e. The summed E-state index contributed by atoms with van der Waals surface area (Å²) < 4.78 is 7.88. The molecular formula is C21H17N3O2. The first kappa shape index (κ1) is 15.0. The Morgan fingerprint density at radius 3 is 2.81 bits per heavy atom. The monoisotopic (exact) mass is 343 g/mol. The van der Waals surface area contributed by atoms with Crippen LogP contribution >= 0.6 is 0 Å². The number of benzene rings is 2. The van der Waals surface area contributed by atoms with Crippen LogP contribution in [0.15, 0.2) is 77.7 Å². The number of carbonyl (C=O) groups excluding carboxylic acids is 1. The Morgan fingerprint density at radius 2 is 1.96 bits per heavy atom. The molecule has 0 radical (unpaired) electrons. The highest BCUT2D eigenvalue weighted by atomic mass is 16.3. The van der Waals surface area contributed by atoms with E-state index >= 15 is 0 Å². The van der Waals surface area contributed by atoms with E-state index in [0.717, 1.165) is 28.6 Å². The number of anilines is 1. The zero-order chi connectivity index (χ0) is 17.5. The fourth-order valence-electron chi connectivity index (χ4n) is 3.67. The van der Waals surface area contributed by atoms with Crippen molar-refractivity contribution in [1.82, 2.24) is 9.55 Å². The minimum atomic E-state index is -0.113. The van der Waals surface area contributed by atoms with E-state index in [0.29, 0.717) is 12.3 Å². The van der Waals surface area contributed by atoms with Gasteiger partial charge in [0, 0.05) is 30.0 Å². The number of hydrogen-bond acceptors (Lipinski definition) is 3. The fourth-order valence-corrected chi connectivity index (χ4v) is 3.67. The Labute approximate surface area is 150 Å². The molecule has 5 rings (SSSR count). The van der Waals surface area contributed by atoms with Crippen molar-refractivity contribution in [2.45, 2.75) is 12.5 Å². The third-order valence-corrected chi connectivity index (χ3v) is 4.96. The number of aromatic nitrogens is 2. The van der Waals surface area contributed by atoms with Gasteiger partial charge in [-0.25, -0.2) is 4.98 Å². The van der Waals surface area contributed by atoms with E-state index in [1.54, 1.807) is 6.20 Å². The number of nitrogens with zero attached hydrogens (tertiary/aromatic N) is 3. The van der Waals surface area contributed by atoms with Crippen LogP contribution in [0.3, 0.4) is 0 Å². The number of amides is 1. The first-order chi connectivity index (χ1) is 12.8. The third-order valence-electron chi connectivity index (χ3n) is 4.96. The summed E-state index contributed by atoms with van der Waals surface area (Å²) in [5.41, 5.74) is 2.84. The first-order valence-electron chi connectivity index (χ1n) is 8.65. The van der Waals surface area contributed by atoms with Crippen molar-refractivity contribution in [3.63, 3.8) is 0 Å². The van der Waals surface area contributed by atoms with E-state index < -0.39 is 0 Å². The van der Waals surface area contributed by atoms with E-state index in [2.05, 4.69) is 15.6 Å². The SMILES string of the molecule is O=C(c1cc2ccccc2o1)N1C[C@@H](n2ccnc2)Cc2ccccc21. The maximum atomic E-state index is 13.3. The number of rotatable bonds is 2. The summed E-state index contributed by atoms with van der Waals surface area (Å²) in [6, 6.07) is 17.7. The van der Waals surface area contributed by atoms with Gasteiger partial charge < -0.3 is 13.9 Å². The molecule has 0 fully saturated rings. The molecule has 0 N–H and O–H groups in total. The smallest absolute Gasteiger partial charge is 0.294 e. The molecule has 0 saturated carbocycles. The molecule has 3 heterocycles. The van der Waals surface area contributed by atoms with Crippen LogP contribution in [0.1, 0.15) is 22.2 Å². The fraction of sp³-hybridized carbons (Fsp3) is 0.143. The lowest BCUT2D eigenvalue weighted by Crippen LogP contribution is -2.40. The van der Waals surface area contributed by atoms with Gasteiger partial charge in [-0.2, -0.15) is 0 Å². The normalized spacial score (nSPS) is 16.6. The summed E-state index contributed by atoms with van der Waals surface area (Å²) in [7, 11) is 0. The van der Waals surface area contributed by atoms with Gasteiger partial charge in [0.05, 0.1) is 12.4 Å². The highest BCUT2D eigenvalue weighted by molar-refractivity contribution is 6.07. The summed E-state index contributed by atoms with van der Waals surface area (Å²) in [6.45, 7) is 0.587. The number of fused-ring (bicyclic) bond motifs is 2. The zero-order valence-corrected chi connectivity index (χ0v) is 14.1. The molecule has 26 heavy (non-hydrogen) atoms. The van der Waals surface area contributed by atoms with Gasteiger partial charge in [0.25, 0.3) is 5.91 Å². The predicted octanol–water partition coefficient (Wildman–Crippen LogP) is 4.07. The van der Waals surface area contributed by atoms with E-state index in [1.807, 2.05) is 66.0 Å². The van der Waals surface area contributed by atoms with Gasteiger partial charge >= 0.3 is 0 Å². The second-order valence-electron chi connectivity index (χ2n) is 6.56. The highest BCUT2D eigenvalue weighted by Crippen LogP contribution is 2.33. The van der Waals surface area contributed by atoms with Crippen molar-refractivity contribution >= 4 is 22.6 Å². The quantitative estimate of drug-likeness (QED) is 0.551. The largest absolute Gasteiger partial charge is 0.451 e. The molecule has 1 aliphatic heterocycles. The van der Waals surface area contributed by atoms with Gasteiger partial charge in [0.1, 0.15) is 5.58 Å². The lowest BCUT2D eigenvalue weighted by Gasteiger charge is -2.34. The predicted molar refractivity (Wildman–Crippen MR) is 99.3 cm³/mol. The number of imidazole rings is 1. The van der Waals surface area contributed by atoms with Crippen molar-refractivity contribution in [2.75, 3.05) is 11.4 Å². The summed E-state index contributed by atoms with van der Waals surface area (Å²) in [5.74, 6) is 0.255. The van der Waals surface area contributed by atoms with Gasteiger partial charge in [-0.05, 0) is 30.2 Å². The van der Waals surface area contributed by atoms with Crippen molar-refractivity contribution in [2.24, 2.45) is 0 Å². The topological polar surface area (TPSA) is 51.3 Å². The summed E-state index contributed by atoms with van der Waals surface area (Å²) in [5, 5.41) is 0.937. The lowest BCUT2D eigenvalue weighted by atomic mass is 9.97. The molecule has 5 nitrogen and oxygen atoms in total. The van der Waals surface area contributed by atoms with Crippen molar-refractivity contribution in [3.8, 4) is 0 Å². The van der Waals surface area contributed by atoms with E-state index in [4.69, 9.17) is 4.42 Å². The third kappa shape index (κ3) is 2.40. The molecule has 0 bridgehead atoms. The zero-order valence-electron chi connectivity index (χ0n) is 14.1. The Kier molecular flexibility index (Phi) is 3.38. The lowest BCUT2D eigenvalue weighted by molar-refractivity contribution is 0.0956. The van der Waals surface area contributed by atoms with Crippen LogP contribution in [-0.2, 0) is 6.42 Å². The molecule has 1 atom stereocenters. The second kappa shape index (κ2) is 5.88. The van der Waals surface area contributed by atoms with Crippen LogP contribution in [0, 0.1) is 0 Å². The van der Waals surface area contributed by atoms with Crippen molar-refractivity contribution in [3.05, 3.63) is 84.6 Å². The van der Waals surface area contributed by atoms with Crippen molar-refractivity contribution in [1.29, 1.82) is 0 Å². The molecule has 0 aliphatic carbocycles. The van der Waals surface area contributed by atoms with Crippen LogP contribution in [0.5, 0.6) is 0 Å². The number of furan rings is 1. The average molecular weight is 343 g/mol. The van der Waals surface area contributed by atoms with Gasteiger partial charge in [-0.3, -0.25) is 4.79 Å². The molecule has 5 heteroatoms. The van der Waals surface area contributed by atoms with Gasteiger partial charge in [-0.15, -0.1) is 0 Å². The molecule has 2 aromatic heterocycles. The average Bonchev–Trinajstić information content (AvgIpc) is 3.36. The minimum Gasteiger partial charge on any atom is -0.451 e. The molecule has 1 aliphatic rings. The Balaban J connectivity index is 1.56. The van der Waals surface area contributed by atoms with Gasteiger partial charge in [-0.1, -0.05) is 36.4 Å². The van der Waals surface area contributed by atoms with Crippen LogP contribution in [0.4, 0.5) is 5.69 Å². The van der Waals surface area contributed by atoms with Gasteiger partial charge in [0.15, 0.2) is 5.76 Å². The molecular weight excluding hydrogens is 326 g/mol. The number of hydrogen-bond donors (Lipinski definition) is 0. The van der Waals surface area contributed by atoms with Gasteiger partial charge in [0.2, 0.25) is 0 Å². The molecule has 0 saturated heterocycles. The highest BCUT2D eigenvalue weighted by Gasteiger charge is 2.31. The van der Waals surface area contributed by atoms with E-state index in [9.17, 15) is 4.79 Å². The summed E-state index contributed by atoms with van der Waals surface area (Å²) >= 11 is 0. The van der Waals surface area contributed by atoms with Crippen LogP contribution in [-0.4, -0.2) is 22.0 Å². The van der Waals surface area contributed by atoms with Crippen molar-refractivity contribution < 1.29 is 9.21 Å². The molecule has 1 amide bonds. The standard InChI is InChI=1S/C21H17N3O2/c25-21(20-12-16-6-2-4-8-19(16)26-20)24-13-17(23-10-9-22-14-23)11-15-5-1-3-7-18(15)24/h1-10,12,14,17H,11,13H2/t17-/m0/s1.